The summed E-state index contributed by atoms with van der Waals surface area (Å²) in [6.45, 7) is 0. The Morgan fingerprint density at radius 2 is 1.80 bits per heavy atom. The summed E-state index contributed by atoms with van der Waals surface area (Å²) in [7, 11) is 0. The first-order chi connectivity index (χ1) is 9.72. The molecule has 2 saturated heterocycles. The Bertz CT molecular complexity index is 585. The van der Waals surface area contributed by atoms with Crippen LogP contribution >= 0.6 is 15.9 Å². The number of rotatable bonds is 1. The summed E-state index contributed by atoms with van der Waals surface area (Å²) >= 11 is 3.46. The third kappa shape index (κ3) is 2.12. The van der Waals surface area contributed by atoms with E-state index < -0.39 is 0 Å². The fraction of sp³-hybridized carbons (Fsp3) is 0.471. The minimum Gasteiger partial charge on any atom is -0.332 e. The highest BCUT2D eigenvalue weighted by molar-refractivity contribution is 9.10. The Balaban J connectivity index is 1.60. The molecule has 2 bridgehead atoms. The quantitative estimate of drug-likeness (QED) is 0.702. The lowest BCUT2D eigenvalue weighted by atomic mass is 9.95. The molecule has 2 heterocycles. The van der Waals surface area contributed by atoms with Crippen molar-refractivity contribution in [2.24, 2.45) is 0 Å². The van der Waals surface area contributed by atoms with Crippen molar-refractivity contribution in [2.45, 2.75) is 50.6 Å². The molecule has 3 fully saturated rings. The molecule has 0 spiro atoms. The molecule has 1 aromatic carbocycles. The lowest BCUT2D eigenvalue weighted by Gasteiger charge is -2.36. The van der Waals surface area contributed by atoms with Crippen LogP contribution in [0.4, 0.5) is 0 Å². The highest BCUT2D eigenvalue weighted by Gasteiger charge is 2.42. The second-order valence-electron chi connectivity index (χ2n) is 6.22. The Morgan fingerprint density at radius 1 is 1.10 bits per heavy atom. The topological polar surface area (TPSA) is 20.3 Å². The van der Waals surface area contributed by atoms with Crippen molar-refractivity contribution < 1.29 is 4.79 Å². The second kappa shape index (κ2) is 4.73. The zero-order chi connectivity index (χ0) is 13.7. The average molecular weight is 332 g/mol. The van der Waals surface area contributed by atoms with Crippen molar-refractivity contribution >= 4 is 21.8 Å². The molecule has 3 aliphatic rings. The Kier molecular flexibility index (Phi) is 2.99. The van der Waals surface area contributed by atoms with E-state index >= 15 is 0 Å². The number of halogens is 1. The predicted octanol–water partition coefficient (Wildman–Crippen LogP) is 4.31. The number of hydrogen-bond donors (Lipinski definition) is 0. The Labute approximate surface area is 128 Å². The monoisotopic (exact) mass is 331 g/mol. The van der Waals surface area contributed by atoms with Gasteiger partial charge in [0.1, 0.15) is 0 Å². The molecular weight excluding hydrogens is 314 g/mol. The van der Waals surface area contributed by atoms with E-state index in [1.165, 1.54) is 25.7 Å². The van der Waals surface area contributed by atoms with Crippen molar-refractivity contribution in [3.8, 4) is 0 Å². The summed E-state index contributed by atoms with van der Waals surface area (Å²) < 4.78 is 0.980. The average Bonchev–Trinajstić information content (AvgIpc) is 3.24. The molecule has 2 nitrogen and oxygen atoms in total. The highest BCUT2D eigenvalue weighted by Crippen LogP contribution is 2.45. The van der Waals surface area contributed by atoms with E-state index in [4.69, 9.17) is 0 Å². The summed E-state index contributed by atoms with van der Waals surface area (Å²) in [6.07, 6.45) is 7.25. The van der Waals surface area contributed by atoms with Crippen LogP contribution in [0.2, 0.25) is 0 Å². The summed E-state index contributed by atoms with van der Waals surface area (Å²) in [6, 6.07) is 8.68. The summed E-state index contributed by atoms with van der Waals surface area (Å²) in [5.41, 5.74) is 4.19. The largest absolute Gasteiger partial charge is 0.332 e. The fourth-order valence-electron chi connectivity index (χ4n) is 3.82. The van der Waals surface area contributed by atoms with Gasteiger partial charge in [0.25, 0.3) is 5.91 Å². The summed E-state index contributed by atoms with van der Waals surface area (Å²) in [5.74, 6) is 0.221. The molecule has 2 atom stereocenters. The molecular formula is C17H18BrNO. The van der Waals surface area contributed by atoms with Gasteiger partial charge in [-0.3, -0.25) is 4.79 Å². The lowest BCUT2D eigenvalue weighted by molar-refractivity contribution is 0.0634. The minimum atomic E-state index is 0.221. The number of amides is 1. The van der Waals surface area contributed by atoms with E-state index in [1.54, 1.807) is 11.1 Å². The second-order valence-corrected chi connectivity index (χ2v) is 7.14. The third-order valence-corrected chi connectivity index (χ3v) is 5.38. The van der Waals surface area contributed by atoms with Crippen molar-refractivity contribution in [2.75, 3.05) is 0 Å². The zero-order valence-corrected chi connectivity index (χ0v) is 13.0. The van der Waals surface area contributed by atoms with Gasteiger partial charge in [0, 0.05) is 22.1 Å². The van der Waals surface area contributed by atoms with Crippen molar-refractivity contribution in [3.63, 3.8) is 0 Å². The number of nitrogens with zero attached hydrogens (tertiary/aromatic N) is 1. The van der Waals surface area contributed by atoms with Crippen LogP contribution in [0.5, 0.6) is 0 Å². The number of piperidine rings is 1. The number of fused-ring (bicyclic) bond motifs is 2. The molecule has 1 amide bonds. The highest BCUT2D eigenvalue weighted by atomic mass is 79.9. The van der Waals surface area contributed by atoms with Gasteiger partial charge in [-0.25, -0.2) is 0 Å². The lowest BCUT2D eigenvalue weighted by Crippen LogP contribution is -2.44. The Morgan fingerprint density at radius 3 is 2.40 bits per heavy atom. The van der Waals surface area contributed by atoms with Gasteiger partial charge in [0.15, 0.2) is 0 Å². The van der Waals surface area contributed by atoms with Crippen LogP contribution in [0.15, 0.2) is 39.9 Å². The van der Waals surface area contributed by atoms with Gasteiger partial charge < -0.3 is 4.90 Å². The third-order valence-electron chi connectivity index (χ3n) is 4.89. The maximum atomic E-state index is 12.8. The fourth-order valence-corrected chi connectivity index (χ4v) is 4.22. The van der Waals surface area contributed by atoms with E-state index in [0.29, 0.717) is 12.1 Å². The van der Waals surface area contributed by atoms with Crippen LogP contribution in [0.3, 0.4) is 0 Å². The van der Waals surface area contributed by atoms with E-state index in [-0.39, 0.29) is 5.91 Å². The number of carbonyl (C=O) groups is 1. The molecule has 0 N–H and O–H groups in total. The molecule has 20 heavy (non-hydrogen) atoms. The molecule has 1 aliphatic carbocycles. The van der Waals surface area contributed by atoms with E-state index in [9.17, 15) is 4.79 Å². The molecule has 104 valence electrons. The number of allylic oxidation sites excluding steroid dienone is 1. The summed E-state index contributed by atoms with van der Waals surface area (Å²) in [5, 5.41) is 0. The molecule has 3 heteroatoms. The Hall–Kier alpha value is -1.09. The first kappa shape index (κ1) is 12.6. The van der Waals surface area contributed by atoms with Crippen LogP contribution in [0.25, 0.3) is 0 Å². The predicted molar refractivity (Wildman–Crippen MR) is 82.6 cm³/mol. The molecule has 4 rings (SSSR count). The van der Waals surface area contributed by atoms with E-state index in [2.05, 4.69) is 20.8 Å². The molecule has 1 aromatic rings. The van der Waals surface area contributed by atoms with Crippen LogP contribution in [-0.4, -0.2) is 22.9 Å². The van der Waals surface area contributed by atoms with Crippen LogP contribution in [0.1, 0.15) is 48.9 Å². The van der Waals surface area contributed by atoms with Gasteiger partial charge in [-0.15, -0.1) is 0 Å². The van der Waals surface area contributed by atoms with Gasteiger partial charge in [-0.05, 0) is 56.7 Å². The maximum absolute atomic E-state index is 12.8. The van der Waals surface area contributed by atoms with Gasteiger partial charge in [-0.1, -0.05) is 33.1 Å². The van der Waals surface area contributed by atoms with E-state index in [1.807, 2.05) is 24.3 Å². The number of benzene rings is 1. The molecule has 0 radical (unpaired) electrons. The van der Waals surface area contributed by atoms with Crippen LogP contribution < -0.4 is 0 Å². The van der Waals surface area contributed by atoms with Crippen LogP contribution in [0, 0.1) is 0 Å². The molecule has 2 unspecified atom stereocenters. The van der Waals surface area contributed by atoms with Crippen molar-refractivity contribution in [1.82, 2.24) is 4.90 Å². The molecule has 1 saturated carbocycles. The van der Waals surface area contributed by atoms with Gasteiger partial charge in [-0.2, -0.15) is 0 Å². The standard InChI is InChI=1S/C17H18BrNO/c18-14-3-1-2-12(8-14)17(20)19-15-6-7-16(19)10-13(9-15)11-4-5-11/h1-3,8,15-16H,4-7,9-10H2. The SMILES string of the molecule is O=C(c1cccc(Br)c1)N1C2CCC1CC(=C1CC1)C2. The maximum Gasteiger partial charge on any atom is 0.254 e. The normalized spacial score (nSPS) is 27.9. The summed E-state index contributed by atoms with van der Waals surface area (Å²) in [4.78, 5) is 15.0. The first-order valence-electron chi connectivity index (χ1n) is 7.50. The number of hydrogen-bond acceptors (Lipinski definition) is 1. The van der Waals surface area contributed by atoms with Crippen LogP contribution in [-0.2, 0) is 0 Å². The first-order valence-corrected chi connectivity index (χ1v) is 8.29. The van der Waals surface area contributed by atoms with Crippen molar-refractivity contribution in [3.05, 3.63) is 45.4 Å². The van der Waals surface area contributed by atoms with Gasteiger partial charge in [0.05, 0.1) is 0 Å². The van der Waals surface area contributed by atoms with Gasteiger partial charge >= 0.3 is 0 Å². The zero-order valence-electron chi connectivity index (χ0n) is 11.4. The van der Waals surface area contributed by atoms with E-state index in [0.717, 1.165) is 22.9 Å². The van der Waals surface area contributed by atoms with Gasteiger partial charge in [0.2, 0.25) is 0 Å². The molecule has 2 aliphatic heterocycles. The molecule has 0 aromatic heterocycles. The number of carbonyl (C=O) groups excluding carboxylic acids is 1. The van der Waals surface area contributed by atoms with Crippen molar-refractivity contribution in [1.29, 1.82) is 0 Å². The minimum absolute atomic E-state index is 0.221. The smallest absolute Gasteiger partial charge is 0.254 e.